The van der Waals surface area contributed by atoms with Crippen molar-refractivity contribution in [3.63, 3.8) is 0 Å². The lowest BCUT2D eigenvalue weighted by atomic mass is 10.2. The monoisotopic (exact) mass is 286 g/mol. The average molecular weight is 286 g/mol. The van der Waals surface area contributed by atoms with Crippen molar-refractivity contribution in [2.24, 2.45) is 0 Å². The molecule has 2 aromatic rings. The molecule has 2 rings (SSSR count). The third-order valence-electron chi connectivity index (χ3n) is 2.86. The predicted molar refractivity (Wildman–Crippen MR) is 81.1 cm³/mol. The first kappa shape index (κ1) is 14.9. The Kier molecular flexibility index (Phi) is 5.17. The number of nitrogens with one attached hydrogen (secondary N) is 1. The number of para-hydroxylation sites is 1. The van der Waals surface area contributed by atoms with Crippen molar-refractivity contribution in [3.05, 3.63) is 60.2 Å². The predicted octanol–water partition coefficient (Wildman–Crippen LogP) is 1.44. The van der Waals surface area contributed by atoms with Crippen LogP contribution in [0.15, 0.2) is 54.6 Å². The van der Waals surface area contributed by atoms with E-state index in [9.17, 15) is 9.90 Å². The molecular weight excluding hydrogens is 268 g/mol. The van der Waals surface area contributed by atoms with Gasteiger partial charge in [0.05, 0.1) is 0 Å². The van der Waals surface area contributed by atoms with Gasteiger partial charge in [-0.3, -0.25) is 4.79 Å². The number of benzene rings is 2. The molecule has 21 heavy (non-hydrogen) atoms. The average Bonchev–Trinajstić information content (AvgIpc) is 2.52. The van der Waals surface area contributed by atoms with Gasteiger partial charge in [-0.2, -0.15) is 0 Å². The second kappa shape index (κ2) is 7.31. The van der Waals surface area contributed by atoms with Crippen LogP contribution in [0.5, 0.6) is 5.75 Å². The van der Waals surface area contributed by atoms with Gasteiger partial charge in [0.2, 0.25) is 0 Å². The highest BCUT2D eigenvalue weighted by Gasteiger charge is 2.09. The Morgan fingerprint density at radius 2 is 1.81 bits per heavy atom. The van der Waals surface area contributed by atoms with Gasteiger partial charge < -0.3 is 20.9 Å². The molecule has 0 aliphatic carbocycles. The standard InChI is InChI=1S/C16H18N2O3/c17-13-8-6-12(7-9-13)16(20)18-10-14(19)11-21-15-4-2-1-3-5-15/h1-9,14,19H,10-11,17H2,(H,18,20). The summed E-state index contributed by atoms with van der Waals surface area (Å²) in [4.78, 5) is 11.8. The van der Waals surface area contributed by atoms with Crippen molar-refractivity contribution < 1.29 is 14.6 Å². The third-order valence-corrected chi connectivity index (χ3v) is 2.86. The van der Waals surface area contributed by atoms with Crippen molar-refractivity contribution >= 4 is 11.6 Å². The molecule has 2 aromatic carbocycles. The number of anilines is 1. The van der Waals surface area contributed by atoms with E-state index in [0.717, 1.165) is 0 Å². The summed E-state index contributed by atoms with van der Waals surface area (Å²) in [7, 11) is 0. The summed E-state index contributed by atoms with van der Waals surface area (Å²) in [5.41, 5.74) is 6.66. The number of nitrogen functional groups attached to an aromatic ring is 1. The van der Waals surface area contributed by atoms with Crippen LogP contribution in [0.1, 0.15) is 10.4 Å². The first-order valence-electron chi connectivity index (χ1n) is 6.65. The number of carbonyl (C=O) groups excluding carboxylic acids is 1. The summed E-state index contributed by atoms with van der Waals surface area (Å²) >= 11 is 0. The van der Waals surface area contributed by atoms with Crippen molar-refractivity contribution in [2.45, 2.75) is 6.10 Å². The number of hydrogen-bond acceptors (Lipinski definition) is 4. The molecule has 0 saturated heterocycles. The number of rotatable bonds is 6. The van der Waals surface area contributed by atoms with Crippen LogP contribution in [0.25, 0.3) is 0 Å². The third kappa shape index (κ3) is 4.81. The first-order valence-corrected chi connectivity index (χ1v) is 6.65. The van der Waals surface area contributed by atoms with Crippen LogP contribution >= 0.6 is 0 Å². The highest BCUT2D eigenvalue weighted by atomic mass is 16.5. The molecule has 1 amide bonds. The molecule has 0 radical (unpaired) electrons. The quantitative estimate of drug-likeness (QED) is 0.701. The number of ether oxygens (including phenoxy) is 1. The van der Waals surface area contributed by atoms with E-state index in [1.165, 1.54) is 0 Å². The summed E-state index contributed by atoms with van der Waals surface area (Å²) in [6.45, 7) is 0.238. The Balaban J connectivity index is 1.74. The topological polar surface area (TPSA) is 84.6 Å². The first-order chi connectivity index (χ1) is 10.1. The van der Waals surface area contributed by atoms with E-state index in [-0.39, 0.29) is 19.1 Å². The Labute approximate surface area is 123 Å². The van der Waals surface area contributed by atoms with E-state index < -0.39 is 6.10 Å². The van der Waals surface area contributed by atoms with E-state index in [1.54, 1.807) is 36.4 Å². The molecule has 4 N–H and O–H groups in total. The van der Waals surface area contributed by atoms with Gasteiger partial charge in [-0.1, -0.05) is 18.2 Å². The number of amides is 1. The van der Waals surface area contributed by atoms with Crippen molar-refractivity contribution in [1.29, 1.82) is 0 Å². The minimum Gasteiger partial charge on any atom is -0.491 e. The fourth-order valence-corrected chi connectivity index (χ4v) is 1.72. The molecule has 0 bridgehead atoms. The normalized spacial score (nSPS) is 11.7. The molecule has 0 aliphatic rings. The maximum absolute atomic E-state index is 11.8. The lowest BCUT2D eigenvalue weighted by molar-refractivity contribution is 0.0844. The SMILES string of the molecule is Nc1ccc(C(=O)NCC(O)COc2ccccc2)cc1. The number of aliphatic hydroxyl groups is 1. The molecule has 0 aromatic heterocycles. The van der Waals surface area contributed by atoms with E-state index in [2.05, 4.69) is 5.32 Å². The highest BCUT2D eigenvalue weighted by molar-refractivity contribution is 5.94. The van der Waals surface area contributed by atoms with Crippen molar-refractivity contribution in [3.8, 4) is 5.75 Å². The molecule has 1 atom stereocenters. The fourth-order valence-electron chi connectivity index (χ4n) is 1.72. The molecular formula is C16H18N2O3. The summed E-state index contributed by atoms with van der Waals surface area (Å²) in [6.07, 6.45) is -0.775. The van der Waals surface area contributed by atoms with E-state index >= 15 is 0 Å². The van der Waals surface area contributed by atoms with Gasteiger partial charge in [0.15, 0.2) is 0 Å². The minimum atomic E-state index is -0.775. The van der Waals surface area contributed by atoms with Crippen molar-refractivity contribution in [2.75, 3.05) is 18.9 Å². The minimum absolute atomic E-state index is 0.117. The zero-order valence-electron chi connectivity index (χ0n) is 11.5. The molecule has 0 heterocycles. The molecule has 5 heteroatoms. The van der Waals surface area contributed by atoms with Gasteiger partial charge >= 0.3 is 0 Å². The van der Waals surface area contributed by atoms with E-state index in [0.29, 0.717) is 17.0 Å². The van der Waals surface area contributed by atoms with Gasteiger partial charge in [-0.25, -0.2) is 0 Å². The number of nitrogens with two attached hydrogens (primary N) is 1. The molecule has 110 valence electrons. The Bertz CT molecular complexity index is 570. The summed E-state index contributed by atoms with van der Waals surface area (Å²) in [5.74, 6) is 0.426. The van der Waals surface area contributed by atoms with Crippen LogP contribution in [-0.2, 0) is 0 Å². The number of aliphatic hydroxyl groups excluding tert-OH is 1. The van der Waals surface area contributed by atoms with Crippen LogP contribution < -0.4 is 15.8 Å². The maximum Gasteiger partial charge on any atom is 0.251 e. The summed E-state index contributed by atoms with van der Waals surface area (Å²) < 4.78 is 5.40. The Morgan fingerprint density at radius 3 is 2.48 bits per heavy atom. The largest absolute Gasteiger partial charge is 0.491 e. The summed E-state index contributed by atoms with van der Waals surface area (Å²) in [6, 6.07) is 15.8. The number of carbonyl (C=O) groups is 1. The van der Waals surface area contributed by atoms with Crippen molar-refractivity contribution in [1.82, 2.24) is 5.32 Å². The van der Waals surface area contributed by atoms with Gasteiger partial charge in [-0.05, 0) is 36.4 Å². The van der Waals surface area contributed by atoms with Gasteiger partial charge in [0.1, 0.15) is 18.5 Å². The van der Waals surface area contributed by atoms with E-state index in [4.69, 9.17) is 10.5 Å². The number of hydrogen-bond donors (Lipinski definition) is 3. The van der Waals surface area contributed by atoms with E-state index in [1.807, 2.05) is 18.2 Å². The van der Waals surface area contributed by atoms with Crippen LogP contribution in [0, 0.1) is 0 Å². The van der Waals surface area contributed by atoms with Crippen LogP contribution in [0.3, 0.4) is 0 Å². The molecule has 1 unspecified atom stereocenters. The smallest absolute Gasteiger partial charge is 0.251 e. The lowest BCUT2D eigenvalue weighted by Gasteiger charge is -2.13. The Hall–Kier alpha value is -2.53. The lowest BCUT2D eigenvalue weighted by Crippen LogP contribution is -2.35. The van der Waals surface area contributed by atoms with Gasteiger partial charge in [0.25, 0.3) is 5.91 Å². The molecule has 5 nitrogen and oxygen atoms in total. The maximum atomic E-state index is 11.8. The van der Waals surface area contributed by atoms with Crippen LogP contribution in [-0.4, -0.2) is 30.3 Å². The van der Waals surface area contributed by atoms with Crippen LogP contribution in [0.4, 0.5) is 5.69 Å². The molecule has 0 saturated carbocycles. The Morgan fingerprint density at radius 1 is 1.14 bits per heavy atom. The highest BCUT2D eigenvalue weighted by Crippen LogP contribution is 2.08. The summed E-state index contributed by atoms with van der Waals surface area (Å²) in [5, 5.41) is 12.4. The van der Waals surface area contributed by atoms with Crippen LogP contribution in [0.2, 0.25) is 0 Å². The molecule has 0 fully saturated rings. The molecule has 0 aliphatic heterocycles. The zero-order valence-corrected chi connectivity index (χ0v) is 11.5. The zero-order chi connectivity index (χ0) is 15.1. The van der Waals surface area contributed by atoms with Gasteiger partial charge in [-0.15, -0.1) is 0 Å². The second-order valence-corrected chi connectivity index (χ2v) is 4.61. The molecule has 0 spiro atoms. The fraction of sp³-hybridized carbons (Fsp3) is 0.188. The van der Waals surface area contributed by atoms with Gasteiger partial charge in [0, 0.05) is 17.8 Å². The second-order valence-electron chi connectivity index (χ2n) is 4.61.